The fraction of sp³-hybridized carbons (Fsp3) is 0.333. The number of amides is 1. The summed E-state index contributed by atoms with van der Waals surface area (Å²) in [5, 5.41) is 13.0. The molecule has 2 N–H and O–H groups in total. The topological polar surface area (TPSA) is 75.6 Å². The molecule has 1 fully saturated rings. The van der Waals surface area contributed by atoms with E-state index in [0.29, 0.717) is 36.6 Å². The van der Waals surface area contributed by atoms with Crippen molar-refractivity contribution >= 4 is 23.5 Å². The number of carbonyl (C=O) groups is 2. The molecule has 1 atom stereocenters. The van der Waals surface area contributed by atoms with Crippen molar-refractivity contribution < 1.29 is 19.4 Å². The Labute approximate surface area is 163 Å². The molecule has 0 aromatic heterocycles. The Kier molecular flexibility index (Phi) is 6.14. The summed E-state index contributed by atoms with van der Waals surface area (Å²) in [7, 11) is 0. The zero-order chi connectivity index (χ0) is 19.3. The van der Waals surface area contributed by atoms with E-state index >= 15 is 0 Å². The second kappa shape index (κ2) is 8.55. The molecule has 6 heteroatoms. The first-order valence-corrected chi connectivity index (χ1v) is 9.30. The first-order chi connectivity index (χ1) is 13.0. The lowest BCUT2D eigenvalue weighted by Crippen LogP contribution is -2.49. The van der Waals surface area contributed by atoms with Gasteiger partial charge in [0.25, 0.3) is 0 Å². The van der Waals surface area contributed by atoms with Crippen LogP contribution in [-0.2, 0) is 19.7 Å². The average Bonchev–Trinajstić information content (AvgIpc) is 2.69. The molecule has 1 unspecified atom stereocenters. The van der Waals surface area contributed by atoms with Crippen LogP contribution in [0.3, 0.4) is 0 Å². The van der Waals surface area contributed by atoms with Crippen molar-refractivity contribution in [3.05, 3.63) is 70.7 Å². The molecule has 2 aromatic rings. The quantitative estimate of drug-likeness (QED) is 0.796. The Morgan fingerprint density at radius 3 is 2.44 bits per heavy atom. The molecular formula is C21H22ClNO4. The van der Waals surface area contributed by atoms with Gasteiger partial charge in [-0.1, -0.05) is 54.1 Å². The summed E-state index contributed by atoms with van der Waals surface area (Å²) in [6.07, 6.45) is 1.06. The van der Waals surface area contributed by atoms with Gasteiger partial charge in [-0.2, -0.15) is 0 Å². The van der Waals surface area contributed by atoms with Gasteiger partial charge in [-0.25, -0.2) is 0 Å². The number of ether oxygens (including phenoxy) is 1. The molecule has 2 aromatic carbocycles. The monoisotopic (exact) mass is 387 g/mol. The van der Waals surface area contributed by atoms with Crippen LogP contribution in [0, 0.1) is 0 Å². The standard InChI is InChI=1S/C21H22ClNO4/c22-17-8-4-7-16(13-17)21(9-11-27-12-10-21)20(26)23-14-18(19(24)25)15-5-2-1-3-6-15/h1-8,13,18H,9-12,14H2,(H,23,26)(H,24,25). The third-order valence-corrected chi connectivity index (χ3v) is 5.36. The van der Waals surface area contributed by atoms with Crippen molar-refractivity contribution in [3.8, 4) is 0 Å². The molecule has 5 nitrogen and oxygen atoms in total. The van der Waals surface area contributed by atoms with Gasteiger partial charge in [0.15, 0.2) is 0 Å². The van der Waals surface area contributed by atoms with Crippen LogP contribution in [-0.4, -0.2) is 36.7 Å². The number of aliphatic carboxylic acids is 1. The summed E-state index contributed by atoms with van der Waals surface area (Å²) < 4.78 is 5.45. The number of rotatable bonds is 6. The van der Waals surface area contributed by atoms with Crippen LogP contribution in [0.5, 0.6) is 0 Å². The van der Waals surface area contributed by atoms with E-state index in [1.54, 1.807) is 36.4 Å². The average molecular weight is 388 g/mol. The first kappa shape index (κ1) is 19.4. The van der Waals surface area contributed by atoms with Crippen LogP contribution in [0.15, 0.2) is 54.6 Å². The molecule has 0 aliphatic carbocycles. The maximum absolute atomic E-state index is 13.2. The van der Waals surface area contributed by atoms with Crippen LogP contribution in [0.2, 0.25) is 5.02 Å². The van der Waals surface area contributed by atoms with Crippen LogP contribution in [0.1, 0.15) is 29.9 Å². The molecule has 1 aliphatic heterocycles. The molecule has 1 amide bonds. The highest BCUT2D eigenvalue weighted by atomic mass is 35.5. The van der Waals surface area contributed by atoms with Crippen molar-refractivity contribution in [2.75, 3.05) is 19.8 Å². The number of carboxylic acids is 1. The molecule has 0 radical (unpaired) electrons. The van der Waals surface area contributed by atoms with Gasteiger partial charge >= 0.3 is 5.97 Å². The van der Waals surface area contributed by atoms with E-state index in [1.165, 1.54) is 0 Å². The van der Waals surface area contributed by atoms with E-state index in [9.17, 15) is 14.7 Å². The summed E-state index contributed by atoms with van der Waals surface area (Å²) in [5.41, 5.74) is 0.736. The van der Waals surface area contributed by atoms with Crippen LogP contribution in [0.25, 0.3) is 0 Å². The van der Waals surface area contributed by atoms with Gasteiger partial charge in [0.1, 0.15) is 0 Å². The third-order valence-electron chi connectivity index (χ3n) is 5.12. The highest BCUT2D eigenvalue weighted by Gasteiger charge is 2.42. The van der Waals surface area contributed by atoms with Crippen molar-refractivity contribution in [1.82, 2.24) is 5.32 Å². The van der Waals surface area contributed by atoms with E-state index in [1.807, 2.05) is 18.2 Å². The minimum atomic E-state index is -0.967. The molecule has 0 spiro atoms. The number of benzene rings is 2. The summed E-state index contributed by atoms with van der Waals surface area (Å²) in [5.74, 6) is -1.95. The largest absolute Gasteiger partial charge is 0.481 e. The lowest BCUT2D eigenvalue weighted by molar-refractivity contribution is -0.139. The van der Waals surface area contributed by atoms with Gasteiger partial charge in [-0.15, -0.1) is 0 Å². The summed E-state index contributed by atoms with van der Waals surface area (Å²) >= 11 is 6.14. The van der Waals surface area contributed by atoms with Gasteiger partial charge in [0.05, 0.1) is 11.3 Å². The third kappa shape index (κ3) is 4.31. The first-order valence-electron chi connectivity index (χ1n) is 8.93. The number of carboxylic acid groups (broad SMARTS) is 1. The van der Waals surface area contributed by atoms with E-state index < -0.39 is 17.3 Å². The maximum Gasteiger partial charge on any atom is 0.312 e. The van der Waals surface area contributed by atoms with Crippen molar-refractivity contribution in [2.24, 2.45) is 0 Å². The number of hydrogen-bond acceptors (Lipinski definition) is 3. The normalized spacial score (nSPS) is 17.1. The SMILES string of the molecule is O=C(O)C(CNC(=O)C1(c2cccc(Cl)c2)CCOCC1)c1ccccc1. The predicted octanol–water partition coefficient (Wildman–Crippen LogP) is 3.37. The van der Waals surface area contributed by atoms with E-state index in [0.717, 1.165) is 5.56 Å². The zero-order valence-corrected chi connectivity index (χ0v) is 15.6. The molecule has 3 rings (SSSR count). The molecule has 142 valence electrons. The minimum absolute atomic E-state index is 0.0291. The second-order valence-corrected chi connectivity index (χ2v) is 7.15. The summed E-state index contributed by atoms with van der Waals surface area (Å²) in [4.78, 5) is 24.9. The fourth-order valence-corrected chi connectivity index (χ4v) is 3.74. The van der Waals surface area contributed by atoms with Gasteiger partial charge in [0.2, 0.25) is 5.91 Å². The Balaban J connectivity index is 1.81. The lowest BCUT2D eigenvalue weighted by Gasteiger charge is -2.36. The summed E-state index contributed by atoms with van der Waals surface area (Å²) in [6, 6.07) is 16.2. The molecular weight excluding hydrogens is 366 g/mol. The number of nitrogens with one attached hydrogen (secondary N) is 1. The van der Waals surface area contributed by atoms with Crippen LogP contribution in [0.4, 0.5) is 0 Å². The van der Waals surface area contributed by atoms with Gasteiger partial charge in [0, 0.05) is 24.8 Å². The molecule has 1 aliphatic rings. The van der Waals surface area contributed by atoms with Crippen LogP contribution >= 0.6 is 11.6 Å². The molecule has 0 bridgehead atoms. The molecule has 1 heterocycles. The van der Waals surface area contributed by atoms with Gasteiger partial charge < -0.3 is 15.2 Å². The number of halogens is 1. The fourth-order valence-electron chi connectivity index (χ4n) is 3.55. The predicted molar refractivity (Wildman–Crippen MR) is 103 cm³/mol. The van der Waals surface area contributed by atoms with E-state index in [4.69, 9.17) is 16.3 Å². The molecule has 1 saturated heterocycles. The molecule has 27 heavy (non-hydrogen) atoms. The Morgan fingerprint density at radius 1 is 1.11 bits per heavy atom. The van der Waals surface area contributed by atoms with Crippen molar-refractivity contribution in [2.45, 2.75) is 24.2 Å². The second-order valence-electron chi connectivity index (χ2n) is 6.72. The highest BCUT2D eigenvalue weighted by Crippen LogP contribution is 2.36. The van der Waals surface area contributed by atoms with Crippen molar-refractivity contribution in [1.29, 1.82) is 0 Å². The summed E-state index contributed by atoms with van der Waals surface area (Å²) in [6.45, 7) is 0.976. The van der Waals surface area contributed by atoms with Crippen LogP contribution < -0.4 is 5.32 Å². The number of carbonyl (C=O) groups excluding carboxylic acids is 1. The molecule has 0 saturated carbocycles. The zero-order valence-electron chi connectivity index (χ0n) is 14.9. The van der Waals surface area contributed by atoms with Gasteiger partial charge in [-0.05, 0) is 36.1 Å². The highest BCUT2D eigenvalue weighted by molar-refractivity contribution is 6.30. The number of hydrogen-bond donors (Lipinski definition) is 2. The Hall–Kier alpha value is -2.37. The lowest BCUT2D eigenvalue weighted by atomic mass is 9.73. The van der Waals surface area contributed by atoms with E-state index in [2.05, 4.69) is 5.32 Å². The minimum Gasteiger partial charge on any atom is -0.481 e. The Morgan fingerprint density at radius 2 is 1.81 bits per heavy atom. The maximum atomic E-state index is 13.2. The van der Waals surface area contributed by atoms with E-state index in [-0.39, 0.29) is 12.5 Å². The van der Waals surface area contributed by atoms with Crippen molar-refractivity contribution in [3.63, 3.8) is 0 Å². The van der Waals surface area contributed by atoms with Gasteiger partial charge in [-0.3, -0.25) is 9.59 Å². The smallest absolute Gasteiger partial charge is 0.312 e. The Bertz CT molecular complexity index is 803.